The molecule has 1 aliphatic heterocycles. The van der Waals surface area contributed by atoms with Crippen LogP contribution < -0.4 is 5.32 Å². The van der Waals surface area contributed by atoms with Gasteiger partial charge in [-0.3, -0.25) is 4.79 Å². The van der Waals surface area contributed by atoms with E-state index in [0.29, 0.717) is 5.92 Å². The summed E-state index contributed by atoms with van der Waals surface area (Å²) in [6.07, 6.45) is 2.27. The van der Waals surface area contributed by atoms with Crippen LogP contribution in [-0.2, 0) is 0 Å². The number of carbonyl (C=O) groups excluding carboxylic acids is 1. The van der Waals surface area contributed by atoms with Gasteiger partial charge in [-0.2, -0.15) is 0 Å². The maximum atomic E-state index is 13.5. The Morgan fingerprint density at radius 3 is 2.48 bits per heavy atom. The van der Waals surface area contributed by atoms with Crippen molar-refractivity contribution in [3.05, 3.63) is 66.2 Å². The van der Waals surface area contributed by atoms with Gasteiger partial charge in [-0.15, -0.1) is 12.4 Å². The monoisotopic (exact) mass is 409 g/mol. The van der Waals surface area contributed by atoms with E-state index in [1.807, 2.05) is 65.6 Å². The number of pyridine rings is 1. The van der Waals surface area contributed by atoms with E-state index in [2.05, 4.69) is 12.2 Å². The fourth-order valence-corrected chi connectivity index (χ4v) is 4.01. The van der Waals surface area contributed by atoms with Gasteiger partial charge in [-0.1, -0.05) is 48.5 Å². The summed E-state index contributed by atoms with van der Waals surface area (Å²) in [7, 11) is 0. The van der Waals surface area contributed by atoms with Gasteiger partial charge in [0.2, 0.25) is 0 Å². The molecule has 152 valence electrons. The Balaban J connectivity index is 0.00000240. The zero-order valence-corrected chi connectivity index (χ0v) is 17.6. The zero-order chi connectivity index (χ0) is 19.3. The summed E-state index contributed by atoms with van der Waals surface area (Å²) >= 11 is 0. The molecule has 1 fully saturated rings. The van der Waals surface area contributed by atoms with E-state index in [0.717, 1.165) is 66.7 Å². The van der Waals surface area contributed by atoms with Crippen molar-refractivity contribution >= 4 is 29.2 Å². The number of rotatable bonds is 5. The highest BCUT2D eigenvalue weighted by molar-refractivity contribution is 6.07. The number of piperidine rings is 1. The molecule has 0 unspecified atom stereocenters. The normalized spacial score (nSPS) is 14.4. The van der Waals surface area contributed by atoms with Gasteiger partial charge in [0, 0.05) is 24.0 Å². The topological polar surface area (TPSA) is 45.2 Å². The van der Waals surface area contributed by atoms with Crippen molar-refractivity contribution < 1.29 is 4.79 Å². The number of carbonyl (C=O) groups is 1. The largest absolute Gasteiger partial charge is 0.339 e. The highest BCUT2D eigenvalue weighted by Gasteiger charge is 2.23. The number of amides is 1. The van der Waals surface area contributed by atoms with Gasteiger partial charge in [-0.25, -0.2) is 4.98 Å². The zero-order valence-electron chi connectivity index (χ0n) is 16.8. The minimum atomic E-state index is 0. The Labute approximate surface area is 178 Å². The third-order valence-corrected chi connectivity index (χ3v) is 5.62. The molecule has 2 aromatic carbocycles. The predicted molar refractivity (Wildman–Crippen MR) is 122 cm³/mol. The number of halogens is 1. The van der Waals surface area contributed by atoms with Crippen molar-refractivity contribution in [3.8, 4) is 11.3 Å². The number of fused-ring (bicyclic) bond motifs is 1. The van der Waals surface area contributed by atoms with Crippen LogP contribution in [0, 0.1) is 5.92 Å². The van der Waals surface area contributed by atoms with Gasteiger partial charge in [0.25, 0.3) is 5.91 Å². The van der Waals surface area contributed by atoms with Crippen LogP contribution in [0.25, 0.3) is 22.2 Å². The molecular weight excluding hydrogens is 382 g/mol. The maximum absolute atomic E-state index is 13.5. The van der Waals surface area contributed by atoms with Crippen LogP contribution in [0.5, 0.6) is 0 Å². The van der Waals surface area contributed by atoms with Crippen molar-refractivity contribution in [2.75, 3.05) is 26.2 Å². The number of hydrogen-bond acceptors (Lipinski definition) is 3. The second kappa shape index (κ2) is 9.86. The number of para-hydroxylation sites is 1. The third kappa shape index (κ3) is 4.77. The lowest BCUT2D eigenvalue weighted by Gasteiger charge is -2.29. The lowest BCUT2D eigenvalue weighted by atomic mass is 9.96. The molecule has 4 nitrogen and oxygen atoms in total. The molecule has 1 N–H and O–H groups in total. The lowest BCUT2D eigenvalue weighted by Crippen LogP contribution is -2.39. The van der Waals surface area contributed by atoms with Crippen molar-refractivity contribution in [3.63, 3.8) is 0 Å². The average molecular weight is 410 g/mol. The second-order valence-corrected chi connectivity index (χ2v) is 7.48. The molecule has 5 heteroatoms. The molecule has 0 aliphatic carbocycles. The molecule has 1 aliphatic rings. The number of nitrogens with one attached hydrogen (secondary N) is 1. The third-order valence-electron chi connectivity index (χ3n) is 5.62. The minimum absolute atomic E-state index is 0. The Kier molecular flexibility index (Phi) is 7.24. The summed E-state index contributed by atoms with van der Waals surface area (Å²) in [5.41, 5.74) is 3.50. The molecule has 0 saturated carbocycles. The molecule has 3 aromatic rings. The smallest absolute Gasteiger partial charge is 0.254 e. The van der Waals surface area contributed by atoms with Gasteiger partial charge >= 0.3 is 0 Å². The van der Waals surface area contributed by atoms with Crippen LogP contribution in [0.2, 0.25) is 0 Å². The Morgan fingerprint density at radius 2 is 1.76 bits per heavy atom. The van der Waals surface area contributed by atoms with E-state index in [-0.39, 0.29) is 18.3 Å². The van der Waals surface area contributed by atoms with Crippen LogP contribution >= 0.6 is 12.4 Å². The summed E-state index contributed by atoms with van der Waals surface area (Å²) in [6.45, 7) is 5.72. The Bertz CT molecular complexity index is 955. The first-order valence-corrected chi connectivity index (χ1v) is 10.2. The van der Waals surface area contributed by atoms with Gasteiger partial charge in [-0.05, 0) is 50.9 Å². The SMILES string of the molecule is CCN(CC1CCNCC1)C(=O)c1cc(-c2ccccc2)nc2ccccc12.Cl. The van der Waals surface area contributed by atoms with E-state index in [4.69, 9.17) is 4.98 Å². The van der Waals surface area contributed by atoms with Crippen LogP contribution in [0.15, 0.2) is 60.7 Å². The standard InChI is InChI=1S/C24H27N3O.ClH/c1-2-27(17-18-12-14-25-15-13-18)24(28)21-16-23(19-8-4-3-5-9-19)26-22-11-7-6-10-20(21)22;/h3-11,16,18,25H,2,12-15,17H2,1H3;1H. The lowest BCUT2D eigenvalue weighted by molar-refractivity contribution is 0.0728. The number of benzene rings is 2. The summed E-state index contributed by atoms with van der Waals surface area (Å²) in [6, 6.07) is 20.0. The maximum Gasteiger partial charge on any atom is 0.254 e. The number of aromatic nitrogens is 1. The van der Waals surface area contributed by atoms with E-state index in [1.54, 1.807) is 0 Å². The fourth-order valence-electron chi connectivity index (χ4n) is 4.01. The molecule has 0 atom stereocenters. The highest BCUT2D eigenvalue weighted by Crippen LogP contribution is 2.26. The minimum Gasteiger partial charge on any atom is -0.339 e. The molecular formula is C24H28ClN3O. The Hall–Kier alpha value is -2.43. The molecule has 0 bridgehead atoms. The van der Waals surface area contributed by atoms with Crippen molar-refractivity contribution in [1.29, 1.82) is 0 Å². The molecule has 1 aromatic heterocycles. The van der Waals surface area contributed by atoms with E-state index < -0.39 is 0 Å². The summed E-state index contributed by atoms with van der Waals surface area (Å²) in [5, 5.41) is 4.33. The van der Waals surface area contributed by atoms with Gasteiger partial charge in [0.05, 0.1) is 16.8 Å². The average Bonchev–Trinajstić information content (AvgIpc) is 2.77. The molecule has 1 saturated heterocycles. The molecule has 2 heterocycles. The van der Waals surface area contributed by atoms with Crippen molar-refractivity contribution in [2.45, 2.75) is 19.8 Å². The van der Waals surface area contributed by atoms with Crippen LogP contribution in [0.4, 0.5) is 0 Å². The Morgan fingerprint density at radius 1 is 1.07 bits per heavy atom. The van der Waals surface area contributed by atoms with Crippen LogP contribution in [0.1, 0.15) is 30.1 Å². The van der Waals surface area contributed by atoms with E-state index in [9.17, 15) is 4.79 Å². The molecule has 0 spiro atoms. The first-order valence-electron chi connectivity index (χ1n) is 10.2. The van der Waals surface area contributed by atoms with Gasteiger partial charge in [0.1, 0.15) is 0 Å². The first-order chi connectivity index (χ1) is 13.8. The van der Waals surface area contributed by atoms with Crippen molar-refractivity contribution in [1.82, 2.24) is 15.2 Å². The number of hydrogen-bond donors (Lipinski definition) is 1. The summed E-state index contributed by atoms with van der Waals surface area (Å²) in [4.78, 5) is 20.3. The summed E-state index contributed by atoms with van der Waals surface area (Å²) in [5.74, 6) is 0.684. The van der Waals surface area contributed by atoms with Crippen LogP contribution in [0.3, 0.4) is 0 Å². The van der Waals surface area contributed by atoms with E-state index in [1.165, 1.54) is 0 Å². The predicted octanol–water partition coefficient (Wildman–Crippen LogP) is 4.79. The van der Waals surface area contributed by atoms with E-state index >= 15 is 0 Å². The van der Waals surface area contributed by atoms with Crippen LogP contribution in [-0.4, -0.2) is 42.0 Å². The van der Waals surface area contributed by atoms with Crippen molar-refractivity contribution in [2.24, 2.45) is 5.92 Å². The molecule has 4 rings (SSSR count). The molecule has 1 amide bonds. The molecule has 29 heavy (non-hydrogen) atoms. The quantitative estimate of drug-likeness (QED) is 0.659. The molecule has 0 radical (unpaired) electrons. The second-order valence-electron chi connectivity index (χ2n) is 7.48. The van der Waals surface area contributed by atoms with Gasteiger partial charge in [0.15, 0.2) is 0 Å². The van der Waals surface area contributed by atoms with Gasteiger partial charge < -0.3 is 10.2 Å². The highest BCUT2D eigenvalue weighted by atomic mass is 35.5. The fraction of sp³-hybridized carbons (Fsp3) is 0.333. The number of nitrogens with zero attached hydrogens (tertiary/aromatic N) is 2. The first kappa shape index (κ1) is 21.3. The summed E-state index contributed by atoms with van der Waals surface area (Å²) < 4.78 is 0.